The zero-order valence-electron chi connectivity index (χ0n) is 56.5. The van der Waals surface area contributed by atoms with Crippen molar-refractivity contribution in [2.75, 3.05) is 19.6 Å². The Bertz CT molecular complexity index is 4590. The standard InChI is InChI=1S/C73H86N22O8/c74-71(75)80-27-11-24-55-63(96)89-57(26-13-29-82-73(78)79)65(98)91-59(31-41-36-84-51-20-7-2-15-46(41)51)67(100)93-61(33-43-38-86-53-22-9-4-17-48(43)53)69(102)95-62(34-44-39-87-54-23-10-5-18-49(44)54)70(103)94-60(32-42-37-85-52-21-8-3-16-47(42)52)68(101)92-58(30-40-35-83-50-19-6-1-14-45(40)50)66(99)90-56(64(97)88-55)25-12-28-81-72(76)77/h1-10,14-23,35-39,55-62,83-87H,11-13,24-34H2,(H,88,97)(H,89,96)(H,90,99)(H,91,98)(H,92,101)(H,93,100)(H,94,103)(H,95,102)(H4,74,75,80)(H4,76,77,81)(H4,78,79,82)/t55-,56-,57-,58-,59-,60-,61-,62-/m0/s1. The summed E-state index contributed by atoms with van der Waals surface area (Å²) in [5, 5.41) is 58.6. The van der Waals surface area contributed by atoms with Gasteiger partial charge in [0, 0.05) is 137 Å². The Morgan fingerprint density at radius 1 is 0.282 bits per heavy atom. The van der Waals surface area contributed by atoms with E-state index in [0.29, 0.717) is 27.8 Å². The van der Waals surface area contributed by atoms with Crippen LogP contribution < -0.4 is 75.7 Å². The van der Waals surface area contributed by atoms with Crippen LogP contribution in [0.3, 0.4) is 0 Å². The second-order valence-electron chi connectivity index (χ2n) is 25.8. The maximum Gasteiger partial charge on any atom is 0.243 e. The number of amides is 8. The summed E-state index contributed by atoms with van der Waals surface area (Å²) >= 11 is 0. The number of H-pyrrole nitrogens is 5. The summed E-state index contributed by atoms with van der Waals surface area (Å²) in [6.07, 6.45) is 7.77. The summed E-state index contributed by atoms with van der Waals surface area (Å²) in [7, 11) is 0. The summed E-state index contributed by atoms with van der Waals surface area (Å²) in [4.78, 5) is 141. The van der Waals surface area contributed by atoms with Gasteiger partial charge in [0.05, 0.1) is 0 Å². The number of fused-ring (bicyclic) bond motifs is 5. The first-order chi connectivity index (χ1) is 49.8. The normalized spacial score (nSPS) is 20.0. The largest absolute Gasteiger partial charge is 0.370 e. The van der Waals surface area contributed by atoms with Crippen LogP contribution in [0.25, 0.3) is 54.5 Å². The molecule has 1 saturated heterocycles. The van der Waals surface area contributed by atoms with Crippen LogP contribution in [0.2, 0.25) is 0 Å². The van der Waals surface area contributed by atoms with E-state index >= 15 is 38.4 Å². The number of nitrogens with two attached hydrogens (primary N) is 3. The van der Waals surface area contributed by atoms with E-state index in [2.05, 4.69) is 83.4 Å². The van der Waals surface area contributed by atoms with Gasteiger partial charge < -0.3 is 101 Å². The lowest BCUT2D eigenvalue weighted by Gasteiger charge is -2.29. The molecule has 0 radical (unpaired) electrons. The van der Waals surface area contributed by atoms with Gasteiger partial charge in [0.2, 0.25) is 47.3 Å². The molecule has 6 heterocycles. The quantitative estimate of drug-likeness (QED) is 0.0263. The minimum atomic E-state index is -1.49. The summed E-state index contributed by atoms with van der Waals surface area (Å²) in [6.45, 7) is 0.209. The van der Waals surface area contributed by atoms with Crippen LogP contribution in [0.5, 0.6) is 0 Å². The average Bonchev–Trinajstić information content (AvgIpc) is 1.76. The second kappa shape index (κ2) is 33.5. The number of aromatic nitrogens is 5. The first-order valence-electron chi connectivity index (χ1n) is 34.2. The Kier molecular flexibility index (Phi) is 23.3. The molecule has 0 aliphatic carbocycles. The number of aromatic amines is 5. The van der Waals surface area contributed by atoms with Crippen molar-refractivity contribution in [2.45, 2.75) is 119 Å². The molecular weight excluding hydrogens is 1310 g/mol. The van der Waals surface area contributed by atoms with Crippen molar-refractivity contribution in [2.24, 2.45) is 17.2 Å². The highest BCUT2D eigenvalue weighted by Gasteiger charge is 2.38. The molecule has 0 bridgehead atoms. The minimum absolute atomic E-state index is 0.0676. The highest BCUT2D eigenvalue weighted by atomic mass is 16.2. The third kappa shape index (κ3) is 18.4. The van der Waals surface area contributed by atoms with Crippen molar-refractivity contribution >= 4 is 120 Å². The zero-order chi connectivity index (χ0) is 72.5. The van der Waals surface area contributed by atoms with Gasteiger partial charge in [-0.25, -0.2) is 0 Å². The van der Waals surface area contributed by atoms with Crippen LogP contribution in [0.15, 0.2) is 152 Å². The number of rotatable bonds is 22. The van der Waals surface area contributed by atoms with Crippen molar-refractivity contribution in [3.05, 3.63) is 180 Å². The second-order valence-corrected chi connectivity index (χ2v) is 25.8. The van der Waals surface area contributed by atoms with Crippen LogP contribution in [0.4, 0.5) is 0 Å². The number of hydrogen-bond acceptors (Lipinski definition) is 11. The predicted octanol–water partition coefficient (Wildman–Crippen LogP) is 2.29. The number of guanidine groups is 3. The maximum absolute atomic E-state index is 15.8. The van der Waals surface area contributed by atoms with E-state index in [1.54, 1.807) is 31.0 Å². The molecule has 536 valence electrons. The number of carbonyl (C=O) groups excluding carboxylic acids is 8. The summed E-state index contributed by atoms with van der Waals surface area (Å²) in [5.74, 6) is -7.79. The fourth-order valence-corrected chi connectivity index (χ4v) is 13.2. The maximum atomic E-state index is 15.8. The van der Waals surface area contributed by atoms with Gasteiger partial charge in [-0.05, 0) is 96.7 Å². The van der Waals surface area contributed by atoms with E-state index in [1.165, 1.54) is 0 Å². The Morgan fingerprint density at radius 3 is 0.650 bits per heavy atom. The molecule has 5 aromatic carbocycles. The summed E-state index contributed by atoms with van der Waals surface area (Å²) in [6, 6.07) is 25.0. The Balaban J connectivity index is 1.04. The Labute approximate surface area is 591 Å². The highest BCUT2D eigenvalue weighted by molar-refractivity contribution is 6.01. The number of carbonyl (C=O) groups is 8. The van der Waals surface area contributed by atoms with Gasteiger partial charge in [0.15, 0.2) is 17.9 Å². The number of nitrogens with one attached hydrogen (secondary N) is 19. The molecule has 10 aromatic rings. The molecule has 103 heavy (non-hydrogen) atoms. The molecule has 8 amide bonds. The van der Waals surface area contributed by atoms with Crippen molar-refractivity contribution in [3.8, 4) is 0 Å². The van der Waals surface area contributed by atoms with Crippen LogP contribution in [-0.4, -0.2) is 158 Å². The monoisotopic (exact) mass is 1400 g/mol. The van der Waals surface area contributed by atoms with Crippen LogP contribution in [-0.2, 0) is 70.5 Å². The molecule has 8 atom stereocenters. The van der Waals surface area contributed by atoms with Gasteiger partial charge in [-0.1, -0.05) is 91.0 Å². The molecular formula is C73H86N22O8. The molecule has 1 aliphatic rings. The number of hydrogen-bond donors (Lipinski definition) is 22. The highest BCUT2D eigenvalue weighted by Crippen LogP contribution is 2.26. The lowest BCUT2D eigenvalue weighted by Crippen LogP contribution is -2.62. The summed E-state index contributed by atoms with van der Waals surface area (Å²) in [5.41, 5.74) is 23.7. The Hall–Kier alpha value is -12.6. The SMILES string of the molecule is N=C(N)NCCC[C@@H]1NC(=O)[C@H](CCCNC(=N)N)NC(=O)[C@H](Cc2c[nH]c3ccccc23)NC(=O)[C@H](Cc2c[nH]c3ccccc23)NC(=O)[C@H](Cc2c[nH]c3ccccc23)NC(=O)[C@H](Cc2c[nH]c3ccccc23)NC(=O)[C@H](Cc2c[nH]c3ccccc23)NC(=O)[C@H](CCCNC(=N)N)NC1=O. The summed E-state index contributed by atoms with van der Waals surface area (Å²) < 4.78 is 0. The smallest absolute Gasteiger partial charge is 0.243 e. The van der Waals surface area contributed by atoms with Crippen LogP contribution >= 0.6 is 0 Å². The molecule has 25 N–H and O–H groups in total. The van der Waals surface area contributed by atoms with Gasteiger partial charge in [-0.2, -0.15) is 0 Å². The van der Waals surface area contributed by atoms with Crippen LogP contribution in [0, 0.1) is 16.2 Å². The van der Waals surface area contributed by atoms with E-state index in [-0.39, 0.29) is 108 Å². The van der Waals surface area contributed by atoms with Gasteiger partial charge >= 0.3 is 0 Å². The van der Waals surface area contributed by atoms with Gasteiger partial charge in [-0.3, -0.25) is 54.6 Å². The van der Waals surface area contributed by atoms with Crippen molar-refractivity contribution in [1.29, 1.82) is 16.2 Å². The topological polar surface area (TPSA) is 497 Å². The van der Waals surface area contributed by atoms with E-state index in [1.807, 2.05) is 121 Å². The number of benzene rings is 5. The lowest BCUT2D eigenvalue weighted by molar-refractivity contribution is -0.136. The molecule has 0 spiro atoms. The van der Waals surface area contributed by atoms with E-state index < -0.39 is 95.6 Å². The molecule has 30 heteroatoms. The molecule has 5 aromatic heterocycles. The van der Waals surface area contributed by atoms with Crippen molar-refractivity contribution < 1.29 is 38.4 Å². The van der Waals surface area contributed by atoms with E-state index in [4.69, 9.17) is 33.4 Å². The van der Waals surface area contributed by atoms with E-state index in [9.17, 15) is 0 Å². The molecule has 11 rings (SSSR count). The molecule has 0 saturated carbocycles. The van der Waals surface area contributed by atoms with Gasteiger partial charge in [-0.15, -0.1) is 0 Å². The van der Waals surface area contributed by atoms with Gasteiger partial charge in [0.25, 0.3) is 0 Å². The molecule has 0 unspecified atom stereocenters. The average molecular weight is 1400 g/mol. The van der Waals surface area contributed by atoms with Crippen LogP contribution in [0.1, 0.15) is 66.3 Å². The van der Waals surface area contributed by atoms with E-state index in [0.717, 1.165) is 54.5 Å². The van der Waals surface area contributed by atoms with Gasteiger partial charge in [0.1, 0.15) is 48.3 Å². The lowest BCUT2D eigenvalue weighted by atomic mass is 9.99. The molecule has 30 nitrogen and oxygen atoms in total. The first-order valence-corrected chi connectivity index (χ1v) is 34.2. The fraction of sp³-hybridized carbons (Fsp3) is 0.301. The zero-order valence-corrected chi connectivity index (χ0v) is 56.5. The van der Waals surface area contributed by atoms with Crippen molar-refractivity contribution in [1.82, 2.24) is 83.4 Å². The van der Waals surface area contributed by atoms with Crippen molar-refractivity contribution in [3.63, 3.8) is 0 Å². The first kappa shape index (κ1) is 71.6. The third-order valence-corrected chi connectivity index (χ3v) is 18.5. The predicted molar refractivity (Wildman–Crippen MR) is 393 cm³/mol. The fourth-order valence-electron chi connectivity index (χ4n) is 13.2. The third-order valence-electron chi connectivity index (χ3n) is 18.5. The molecule has 1 aliphatic heterocycles. The number of para-hydroxylation sites is 5. The molecule has 1 fully saturated rings. The minimum Gasteiger partial charge on any atom is -0.370 e. The Morgan fingerprint density at radius 2 is 0.456 bits per heavy atom.